The van der Waals surface area contributed by atoms with Crippen molar-refractivity contribution in [2.45, 2.75) is 0 Å². The summed E-state index contributed by atoms with van der Waals surface area (Å²) >= 11 is 0. The van der Waals surface area contributed by atoms with Gasteiger partial charge >= 0.3 is 5.69 Å². The molecule has 2 amide bonds. The van der Waals surface area contributed by atoms with Crippen molar-refractivity contribution < 1.29 is 23.3 Å². The molecule has 0 saturated carbocycles. The number of nitrogens with zero attached hydrogens (tertiary/aromatic N) is 2. The molecule has 2 aromatic rings. The van der Waals surface area contributed by atoms with Crippen LogP contribution in [0.4, 0.5) is 20.3 Å². The third kappa shape index (κ3) is 2.02. The van der Waals surface area contributed by atoms with Crippen LogP contribution < -0.4 is 16.6 Å². The van der Waals surface area contributed by atoms with Gasteiger partial charge in [0, 0.05) is 18.2 Å². The number of imide groups is 1. The van der Waals surface area contributed by atoms with Crippen LogP contribution in [-0.2, 0) is 0 Å². The van der Waals surface area contributed by atoms with E-state index in [0.717, 1.165) is 6.07 Å². The van der Waals surface area contributed by atoms with Crippen molar-refractivity contribution in [3.05, 3.63) is 61.4 Å². The first-order valence-corrected chi connectivity index (χ1v) is 6.27. The maximum Gasteiger partial charge on any atom is 0.340 e. The molecule has 1 aliphatic rings. The van der Waals surface area contributed by atoms with Gasteiger partial charge in [-0.25, -0.2) is 0 Å². The SMILES string of the molecule is Nc1c2c(cc(=O)n1-c1cc(F)c([N+](=O)[O-])c(F)c1)C(=O)NC2=O. The number of aromatic nitrogens is 1. The predicted octanol–water partition coefficient (Wildman–Crippen LogP) is 0.490. The van der Waals surface area contributed by atoms with Crippen molar-refractivity contribution in [2.24, 2.45) is 0 Å². The van der Waals surface area contributed by atoms with Crippen LogP contribution >= 0.6 is 0 Å². The largest absolute Gasteiger partial charge is 0.384 e. The summed E-state index contributed by atoms with van der Waals surface area (Å²) in [7, 11) is 0. The smallest absolute Gasteiger partial charge is 0.340 e. The van der Waals surface area contributed by atoms with Crippen LogP contribution in [0.3, 0.4) is 0 Å². The first-order chi connectivity index (χ1) is 11.2. The molecule has 0 aliphatic carbocycles. The van der Waals surface area contributed by atoms with Gasteiger partial charge in [0.2, 0.25) is 11.6 Å². The highest BCUT2D eigenvalue weighted by Gasteiger charge is 2.32. The van der Waals surface area contributed by atoms with Gasteiger partial charge in [-0.05, 0) is 0 Å². The molecule has 1 aromatic carbocycles. The van der Waals surface area contributed by atoms with E-state index < -0.39 is 51.1 Å². The number of pyridine rings is 1. The third-order valence-electron chi connectivity index (χ3n) is 3.40. The fraction of sp³-hybridized carbons (Fsp3) is 0. The van der Waals surface area contributed by atoms with E-state index in [2.05, 4.69) is 0 Å². The van der Waals surface area contributed by atoms with Crippen LogP contribution in [0.15, 0.2) is 23.0 Å². The molecule has 0 unspecified atom stereocenters. The van der Waals surface area contributed by atoms with E-state index in [0.29, 0.717) is 16.7 Å². The van der Waals surface area contributed by atoms with Crippen LogP contribution in [-0.4, -0.2) is 21.3 Å². The molecular weight excluding hydrogens is 330 g/mol. The minimum absolute atomic E-state index is 0.262. The zero-order valence-corrected chi connectivity index (χ0v) is 11.5. The number of carbonyl (C=O) groups is 2. The molecule has 0 spiro atoms. The van der Waals surface area contributed by atoms with Crippen LogP contribution in [0.2, 0.25) is 0 Å². The second-order valence-electron chi connectivity index (χ2n) is 4.79. The van der Waals surface area contributed by atoms with E-state index in [-0.39, 0.29) is 11.1 Å². The number of nitrogens with two attached hydrogens (primary N) is 1. The monoisotopic (exact) mass is 336 g/mol. The van der Waals surface area contributed by atoms with E-state index in [1.165, 1.54) is 0 Å². The molecule has 24 heavy (non-hydrogen) atoms. The summed E-state index contributed by atoms with van der Waals surface area (Å²) in [6.07, 6.45) is 0. The summed E-state index contributed by atoms with van der Waals surface area (Å²) in [6, 6.07) is 1.84. The van der Waals surface area contributed by atoms with Crippen molar-refractivity contribution in [1.29, 1.82) is 0 Å². The number of halogens is 2. The van der Waals surface area contributed by atoms with Crippen molar-refractivity contribution in [2.75, 3.05) is 5.73 Å². The van der Waals surface area contributed by atoms with Gasteiger partial charge in [0.15, 0.2) is 0 Å². The molecule has 9 nitrogen and oxygen atoms in total. The molecule has 0 radical (unpaired) electrons. The third-order valence-corrected chi connectivity index (χ3v) is 3.40. The number of nitro groups is 1. The number of fused-ring (bicyclic) bond motifs is 1. The minimum atomic E-state index is -1.53. The summed E-state index contributed by atoms with van der Waals surface area (Å²) in [5.41, 5.74) is 2.31. The number of rotatable bonds is 2. The number of carbonyl (C=O) groups excluding carboxylic acids is 2. The van der Waals surface area contributed by atoms with Crippen molar-refractivity contribution in [3.8, 4) is 5.69 Å². The molecule has 11 heteroatoms. The van der Waals surface area contributed by atoms with Gasteiger partial charge < -0.3 is 5.73 Å². The van der Waals surface area contributed by atoms with E-state index >= 15 is 0 Å². The summed E-state index contributed by atoms with van der Waals surface area (Å²) in [5.74, 6) is -5.27. The molecule has 0 saturated heterocycles. The van der Waals surface area contributed by atoms with Gasteiger partial charge in [-0.2, -0.15) is 8.78 Å². The maximum atomic E-state index is 13.8. The number of nitrogens with one attached hydrogen (secondary N) is 1. The van der Waals surface area contributed by atoms with Gasteiger partial charge in [0.1, 0.15) is 5.82 Å². The molecule has 0 bridgehead atoms. The van der Waals surface area contributed by atoms with Gasteiger partial charge in [0.25, 0.3) is 17.4 Å². The standard InChI is InChI=1S/C13H6F2N4O5/c14-6-1-4(2-7(15)10(6)19(23)24)18-8(20)3-5-9(11(18)16)13(22)17-12(5)21/h1-3H,16H2,(H,17,21,22). The van der Waals surface area contributed by atoms with Crippen molar-refractivity contribution >= 4 is 23.3 Å². The fourth-order valence-electron chi connectivity index (χ4n) is 2.40. The molecule has 122 valence electrons. The number of nitrogen functional groups attached to an aromatic ring is 1. The van der Waals surface area contributed by atoms with Crippen LogP contribution in [0.5, 0.6) is 0 Å². The lowest BCUT2D eigenvalue weighted by Gasteiger charge is -2.12. The normalized spacial score (nSPS) is 12.9. The summed E-state index contributed by atoms with van der Waals surface area (Å²) < 4.78 is 28.1. The second kappa shape index (κ2) is 4.94. The Labute approximate surface area is 130 Å². The van der Waals surface area contributed by atoms with Crippen LogP contribution in [0, 0.1) is 21.7 Å². The Hall–Kier alpha value is -3.63. The molecule has 0 atom stereocenters. The molecule has 3 rings (SSSR count). The van der Waals surface area contributed by atoms with Crippen molar-refractivity contribution in [3.63, 3.8) is 0 Å². The summed E-state index contributed by atoms with van der Waals surface area (Å²) in [4.78, 5) is 44.7. The highest BCUT2D eigenvalue weighted by atomic mass is 19.1. The Morgan fingerprint density at radius 1 is 1.08 bits per heavy atom. The molecule has 2 heterocycles. The molecule has 1 aromatic heterocycles. The van der Waals surface area contributed by atoms with E-state index in [1.54, 1.807) is 0 Å². The molecular formula is C13H6F2N4O5. The lowest BCUT2D eigenvalue weighted by molar-refractivity contribution is -0.390. The molecule has 1 aliphatic heterocycles. The number of anilines is 1. The van der Waals surface area contributed by atoms with E-state index in [4.69, 9.17) is 5.73 Å². The Morgan fingerprint density at radius 2 is 1.67 bits per heavy atom. The number of nitro benzene ring substituents is 1. The Balaban J connectivity index is 2.31. The Kier molecular flexibility index (Phi) is 3.14. The second-order valence-corrected chi connectivity index (χ2v) is 4.79. The zero-order valence-electron chi connectivity index (χ0n) is 11.5. The quantitative estimate of drug-likeness (QED) is 0.465. The van der Waals surface area contributed by atoms with E-state index in [1.807, 2.05) is 5.32 Å². The first kappa shape index (κ1) is 15.3. The summed E-state index contributed by atoms with van der Waals surface area (Å²) in [5, 5.41) is 12.5. The highest BCUT2D eigenvalue weighted by molar-refractivity contribution is 6.23. The van der Waals surface area contributed by atoms with Gasteiger partial charge in [-0.15, -0.1) is 0 Å². The van der Waals surface area contributed by atoms with Gasteiger partial charge in [-0.3, -0.25) is 34.4 Å². The number of benzene rings is 1. The average molecular weight is 336 g/mol. The summed E-state index contributed by atoms with van der Waals surface area (Å²) in [6.45, 7) is 0. The lowest BCUT2D eigenvalue weighted by Crippen LogP contribution is -2.24. The van der Waals surface area contributed by atoms with Crippen LogP contribution in [0.25, 0.3) is 5.69 Å². The molecule has 3 N–H and O–H groups in total. The predicted molar refractivity (Wildman–Crippen MR) is 74.8 cm³/mol. The number of hydrogen-bond donors (Lipinski definition) is 2. The minimum Gasteiger partial charge on any atom is -0.384 e. The average Bonchev–Trinajstić information content (AvgIpc) is 2.72. The highest BCUT2D eigenvalue weighted by Crippen LogP contribution is 2.27. The van der Waals surface area contributed by atoms with Crippen LogP contribution in [0.1, 0.15) is 20.7 Å². The fourth-order valence-corrected chi connectivity index (χ4v) is 2.40. The Bertz CT molecular complexity index is 991. The van der Waals surface area contributed by atoms with Gasteiger partial charge in [0.05, 0.1) is 21.7 Å². The molecule has 0 fully saturated rings. The number of amides is 2. The number of hydrogen-bond acceptors (Lipinski definition) is 6. The first-order valence-electron chi connectivity index (χ1n) is 6.27. The lowest BCUT2D eigenvalue weighted by atomic mass is 10.1. The van der Waals surface area contributed by atoms with Crippen molar-refractivity contribution in [1.82, 2.24) is 9.88 Å². The zero-order chi connectivity index (χ0) is 17.8. The van der Waals surface area contributed by atoms with Gasteiger partial charge in [-0.1, -0.05) is 0 Å². The topological polar surface area (TPSA) is 137 Å². The van der Waals surface area contributed by atoms with E-state index in [9.17, 15) is 33.3 Å². The Morgan fingerprint density at radius 3 is 2.21 bits per heavy atom. The maximum absolute atomic E-state index is 13.8.